The first kappa shape index (κ1) is 12.0. The second-order valence-corrected chi connectivity index (χ2v) is 7.22. The quantitative estimate of drug-likeness (QED) is 0.719. The van der Waals surface area contributed by atoms with Crippen LogP contribution in [0.4, 0.5) is 0 Å². The van der Waals surface area contributed by atoms with Crippen molar-refractivity contribution in [2.45, 2.75) is 61.5 Å². The number of hydrogen-bond donors (Lipinski definition) is 0. The zero-order valence-corrected chi connectivity index (χ0v) is 11.4. The molecule has 2 saturated carbocycles. The van der Waals surface area contributed by atoms with E-state index in [1.165, 1.54) is 32.1 Å². The minimum atomic E-state index is 0.205. The lowest BCUT2D eigenvalue weighted by molar-refractivity contribution is -0.134. The highest BCUT2D eigenvalue weighted by molar-refractivity contribution is 8.00. The zero-order valence-electron chi connectivity index (χ0n) is 10.6. The molecular formula is C14H22O2S. The molecule has 3 heteroatoms. The van der Waals surface area contributed by atoms with Gasteiger partial charge < -0.3 is 4.74 Å². The Morgan fingerprint density at radius 1 is 1.06 bits per heavy atom. The molecular weight excluding hydrogens is 232 g/mol. The van der Waals surface area contributed by atoms with Crippen molar-refractivity contribution < 1.29 is 9.53 Å². The van der Waals surface area contributed by atoms with Crippen molar-refractivity contribution in [1.29, 1.82) is 0 Å². The molecule has 17 heavy (non-hydrogen) atoms. The van der Waals surface area contributed by atoms with Gasteiger partial charge in [0.2, 0.25) is 0 Å². The van der Waals surface area contributed by atoms with Gasteiger partial charge in [-0.05, 0) is 32.1 Å². The van der Waals surface area contributed by atoms with E-state index >= 15 is 0 Å². The smallest absolute Gasteiger partial charge is 0.143 e. The number of Topliss-reactive ketones (excluding diaryl/α,β-unsaturated/α-hetero) is 1. The van der Waals surface area contributed by atoms with Crippen LogP contribution in [-0.2, 0) is 9.53 Å². The Hall–Kier alpha value is -0.0200. The van der Waals surface area contributed by atoms with E-state index in [0.717, 1.165) is 12.8 Å². The average molecular weight is 254 g/mol. The van der Waals surface area contributed by atoms with Gasteiger partial charge in [-0.1, -0.05) is 12.8 Å². The second kappa shape index (κ2) is 4.93. The molecule has 0 aromatic rings. The van der Waals surface area contributed by atoms with E-state index in [1.807, 2.05) is 0 Å². The third-order valence-electron chi connectivity index (χ3n) is 4.83. The molecule has 0 aromatic carbocycles. The van der Waals surface area contributed by atoms with Crippen LogP contribution in [0.2, 0.25) is 0 Å². The standard InChI is InChI=1S/C14H22O2S/c1-16-10-6-4-8-12-13(10)14(15)9-5-2-3-7-11(9)17-12/h9-13H,2-8H2,1H3. The van der Waals surface area contributed by atoms with Crippen molar-refractivity contribution in [1.82, 2.24) is 0 Å². The first-order valence-electron chi connectivity index (χ1n) is 7.03. The first-order valence-corrected chi connectivity index (χ1v) is 7.97. The highest BCUT2D eigenvalue weighted by Crippen LogP contribution is 2.49. The van der Waals surface area contributed by atoms with Crippen LogP contribution < -0.4 is 0 Å². The largest absolute Gasteiger partial charge is 0.381 e. The van der Waals surface area contributed by atoms with Gasteiger partial charge in [0, 0.05) is 23.5 Å². The fourth-order valence-corrected chi connectivity index (χ4v) is 5.95. The van der Waals surface area contributed by atoms with Gasteiger partial charge in [0.05, 0.1) is 12.0 Å². The molecule has 3 aliphatic rings. The van der Waals surface area contributed by atoms with E-state index in [9.17, 15) is 4.79 Å². The van der Waals surface area contributed by atoms with Gasteiger partial charge in [0.1, 0.15) is 5.78 Å². The summed E-state index contributed by atoms with van der Waals surface area (Å²) in [5, 5.41) is 1.19. The number of ketones is 1. The number of ether oxygens (including phenoxy) is 1. The molecule has 0 bridgehead atoms. The van der Waals surface area contributed by atoms with Crippen molar-refractivity contribution in [3.05, 3.63) is 0 Å². The van der Waals surface area contributed by atoms with E-state index in [1.54, 1.807) is 7.11 Å². The van der Waals surface area contributed by atoms with E-state index in [0.29, 0.717) is 22.2 Å². The molecule has 1 heterocycles. The van der Waals surface area contributed by atoms with Crippen LogP contribution in [0, 0.1) is 11.8 Å². The number of methoxy groups -OCH3 is 1. The predicted molar refractivity (Wildman–Crippen MR) is 70.3 cm³/mol. The molecule has 3 fully saturated rings. The van der Waals surface area contributed by atoms with Gasteiger partial charge in [0.25, 0.3) is 0 Å². The molecule has 0 aromatic heterocycles. The molecule has 1 saturated heterocycles. The summed E-state index contributed by atoms with van der Waals surface area (Å²) < 4.78 is 5.58. The van der Waals surface area contributed by atoms with Crippen molar-refractivity contribution in [2.24, 2.45) is 11.8 Å². The monoisotopic (exact) mass is 254 g/mol. The summed E-state index contributed by atoms with van der Waals surface area (Å²) >= 11 is 2.12. The van der Waals surface area contributed by atoms with Crippen LogP contribution in [0.25, 0.3) is 0 Å². The van der Waals surface area contributed by atoms with E-state index in [2.05, 4.69) is 11.8 Å². The lowest BCUT2D eigenvalue weighted by Crippen LogP contribution is -2.51. The number of thioether (sulfide) groups is 1. The maximum absolute atomic E-state index is 12.7. The second-order valence-electron chi connectivity index (χ2n) is 5.74. The van der Waals surface area contributed by atoms with Crippen LogP contribution >= 0.6 is 11.8 Å². The fourth-order valence-electron chi connectivity index (χ4n) is 3.96. The normalized spacial score (nSPS) is 46.2. The lowest BCUT2D eigenvalue weighted by Gasteiger charge is -2.46. The van der Waals surface area contributed by atoms with Crippen molar-refractivity contribution >= 4 is 17.5 Å². The fraction of sp³-hybridized carbons (Fsp3) is 0.929. The third-order valence-corrected chi connectivity index (χ3v) is 6.62. The Morgan fingerprint density at radius 3 is 2.65 bits per heavy atom. The van der Waals surface area contributed by atoms with Crippen molar-refractivity contribution in [2.75, 3.05) is 7.11 Å². The topological polar surface area (TPSA) is 26.3 Å². The molecule has 0 amide bonds. The average Bonchev–Trinajstić information content (AvgIpc) is 2.38. The molecule has 96 valence electrons. The van der Waals surface area contributed by atoms with Crippen LogP contribution in [0.15, 0.2) is 0 Å². The number of rotatable bonds is 1. The minimum absolute atomic E-state index is 0.205. The molecule has 2 aliphatic carbocycles. The molecule has 0 radical (unpaired) electrons. The molecule has 3 rings (SSSR count). The maximum atomic E-state index is 12.7. The molecule has 0 spiro atoms. The lowest BCUT2D eigenvalue weighted by atomic mass is 9.74. The van der Waals surface area contributed by atoms with Gasteiger partial charge in [-0.2, -0.15) is 11.8 Å². The van der Waals surface area contributed by atoms with Gasteiger partial charge in [-0.25, -0.2) is 0 Å². The summed E-state index contributed by atoms with van der Waals surface area (Å²) in [6.45, 7) is 0. The van der Waals surface area contributed by atoms with Gasteiger partial charge in [-0.3, -0.25) is 4.79 Å². The highest BCUT2D eigenvalue weighted by Gasteiger charge is 2.49. The summed E-state index contributed by atoms with van der Waals surface area (Å²) in [7, 11) is 1.78. The third kappa shape index (κ3) is 2.06. The van der Waals surface area contributed by atoms with Crippen LogP contribution in [0.5, 0.6) is 0 Å². The van der Waals surface area contributed by atoms with Crippen molar-refractivity contribution in [3.63, 3.8) is 0 Å². The van der Waals surface area contributed by atoms with Crippen LogP contribution in [0.1, 0.15) is 44.9 Å². The Kier molecular flexibility index (Phi) is 3.49. The van der Waals surface area contributed by atoms with E-state index in [-0.39, 0.29) is 12.0 Å². The van der Waals surface area contributed by atoms with Gasteiger partial charge in [0.15, 0.2) is 0 Å². The molecule has 1 aliphatic heterocycles. The number of hydrogen-bond acceptors (Lipinski definition) is 3. The highest BCUT2D eigenvalue weighted by atomic mass is 32.2. The summed E-state index contributed by atoms with van der Waals surface area (Å²) in [5.41, 5.74) is 0. The van der Waals surface area contributed by atoms with E-state index < -0.39 is 0 Å². The number of fused-ring (bicyclic) bond motifs is 2. The van der Waals surface area contributed by atoms with Gasteiger partial charge in [-0.15, -0.1) is 0 Å². The zero-order chi connectivity index (χ0) is 11.8. The Morgan fingerprint density at radius 2 is 1.82 bits per heavy atom. The van der Waals surface area contributed by atoms with Crippen LogP contribution in [0.3, 0.4) is 0 Å². The minimum Gasteiger partial charge on any atom is -0.381 e. The molecule has 2 nitrogen and oxygen atoms in total. The summed E-state index contributed by atoms with van der Waals surface area (Å²) in [4.78, 5) is 12.7. The number of carbonyl (C=O) groups excluding carboxylic acids is 1. The predicted octanol–water partition coefficient (Wildman–Crippen LogP) is 3.04. The molecule has 5 unspecified atom stereocenters. The molecule has 5 atom stereocenters. The SMILES string of the molecule is COC1CCCC2SC3CCCCC3C(=O)C12. The summed E-state index contributed by atoms with van der Waals surface area (Å²) in [6.07, 6.45) is 8.73. The van der Waals surface area contributed by atoms with Crippen LogP contribution in [-0.4, -0.2) is 29.5 Å². The van der Waals surface area contributed by atoms with Crippen molar-refractivity contribution in [3.8, 4) is 0 Å². The Labute approximate surface area is 108 Å². The van der Waals surface area contributed by atoms with E-state index in [4.69, 9.17) is 4.74 Å². The number of carbonyl (C=O) groups is 1. The summed E-state index contributed by atoms with van der Waals surface area (Å²) in [5.74, 6) is 1.11. The first-order chi connectivity index (χ1) is 8.31. The Balaban J connectivity index is 1.82. The Bertz CT molecular complexity index is 305. The molecule has 0 N–H and O–H groups in total. The van der Waals surface area contributed by atoms with Gasteiger partial charge >= 0.3 is 0 Å². The summed E-state index contributed by atoms with van der Waals surface area (Å²) in [6, 6.07) is 0. The maximum Gasteiger partial charge on any atom is 0.143 e.